The Kier molecular flexibility index (Phi) is 5.28. The van der Waals surface area contributed by atoms with Gasteiger partial charge in [-0.3, -0.25) is 4.90 Å². The first kappa shape index (κ1) is 15.7. The number of halogens is 1. The second-order valence-electron chi connectivity index (χ2n) is 5.84. The predicted molar refractivity (Wildman–Crippen MR) is 89.6 cm³/mol. The van der Waals surface area contributed by atoms with Crippen molar-refractivity contribution in [2.24, 2.45) is 0 Å². The molecule has 2 aromatic rings. The monoisotopic (exact) mass is 364 g/mol. The van der Waals surface area contributed by atoms with E-state index in [1.165, 1.54) is 12.8 Å². The number of oxazole rings is 1. The zero-order valence-corrected chi connectivity index (χ0v) is 14.4. The van der Waals surface area contributed by atoms with Gasteiger partial charge < -0.3 is 9.15 Å². The molecule has 1 unspecified atom stereocenters. The summed E-state index contributed by atoms with van der Waals surface area (Å²) in [6.45, 7) is 2.62. The number of likely N-dealkylation sites (N-methyl/N-ethyl adjacent to an activating group) is 1. The summed E-state index contributed by atoms with van der Waals surface area (Å²) in [5.74, 6) is 0.671. The summed E-state index contributed by atoms with van der Waals surface area (Å²) < 4.78 is 12.4. The molecule has 1 fully saturated rings. The molecule has 1 aromatic carbocycles. The fourth-order valence-corrected chi connectivity index (χ4v) is 3.01. The van der Waals surface area contributed by atoms with Gasteiger partial charge in [-0.15, -0.1) is 0 Å². The van der Waals surface area contributed by atoms with E-state index in [2.05, 4.69) is 32.9 Å². The summed E-state index contributed by atoms with van der Waals surface area (Å²) in [6, 6.07) is 7.98. The van der Waals surface area contributed by atoms with Crippen molar-refractivity contribution < 1.29 is 9.15 Å². The number of ether oxygens (including phenoxy) is 1. The van der Waals surface area contributed by atoms with E-state index in [-0.39, 0.29) is 0 Å². The lowest BCUT2D eigenvalue weighted by atomic mass is 10.1. The normalized spacial score (nSPS) is 18.8. The molecule has 0 N–H and O–H groups in total. The maximum atomic E-state index is 5.78. The number of rotatable bonds is 5. The molecule has 0 bridgehead atoms. The van der Waals surface area contributed by atoms with E-state index < -0.39 is 0 Å². The summed E-state index contributed by atoms with van der Waals surface area (Å²) >= 11 is 3.43. The molecular formula is C17H21BrN2O2. The van der Waals surface area contributed by atoms with Crippen molar-refractivity contribution in [3.63, 3.8) is 0 Å². The predicted octanol–water partition coefficient (Wildman–Crippen LogP) is 4.11. The summed E-state index contributed by atoms with van der Waals surface area (Å²) in [5.41, 5.74) is 1.95. The van der Waals surface area contributed by atoms with Crippen LogP contribution >= 0.6 is 15.9 Å². The second-order valence-corrected chi connectivity index (χ2v) is 6.75. The Morgan fingerprint density at radius 1 is 1.27 bits per heavy atom. The van der Waals surface area contributed by atoms with Crippen LogP contribution in [0.3, 0.4) is 0 Å². The number of benzene rings is 1. The molecule has 118 valence electrons. The molecule has 1 aliphatic rings. The number of hydrogen-bond acceptors (Lipinski definition) is 4. The molecule has 3 rings (SSSR count). The van der Waals surface area contributed by atoms with E-state index in [1.807, 2.05) is 24.3 Å². The number of aromatic nitrogens is 1. The van der Waals surface area contributed by atoms with Crippen molar-refractivity contribution in [1.29, 1.82) is 0 Å². The Balaban J connectivity index is 1.57. The third kappa shape index (κ3) is 4.18. The minimum absolute atomic E-state index is 0.358. The molecule has 4 nitrogen and oxygen atoms in total. The van der Waals surface area contributed by atoms with Crippen LogP contribution in [0.15, 0.2) is 39.4 Å². The van der Waals surface area contributed by atoms with Gasteiger partial charge >= 0.3 is 0 Å². The first-order valence-electron chi connectivity index (χ1n) is 7.71. The van der Waals surface area contributed by atoms with Crippen molar-refractivity contribution in [2.75, 3.05) is 20.2 Å². The lowest BCUT2D eigenvalue weighted by molar-refractivity contribution is -0.00275. The molecule has 1 aliphatic heterocycles. The summed E-state index contributed by atoms with van der Waals surface area (Å²) in [5, 5.41) is 0. The molecule has 0 amide bonds. The zero-order chi connectivity index (χ0) is 15.4. The van der Waals surface area contributed by atoms with Crippen LogP contribution in [0.1, 0.15) is 25.0 Å². The lowest BCUT2D eigenvalue weighted by Crippen LogP contribution is -2.33. The third-order valence-corrected chi connectivity index (χ3v) is 4.39. The van der Waals surface area contributed by atoms with E-state index in [4.69, 9.17) is 9.15 Å². The molecule has 22 heavy (non-hydrogen) atoms. The van der Waals surface area contributed by atoms with Crippen LogP contribution in [0, 0.1) is 0 Å². The van der Waals surface area contributed by atoms with E-state index >= 15 is 0 Å². The van der Waals surface area contributed by atoms with Gasteiger partial charge in [0.15, 0.2) is 0 Å². The van der Waals surface area contributed by atoms with Gasteiger partial charge in [0.1, 0.15) is 6.26 Å². The van der Waals surface area contributed by atoms with Crippen LogP contribution in [-0.4, -0.2) is 36.2 Å². The molecule has 1 saturated heterocycles. The molecule has 0 radical (unpaired) electrons. The first-order valence-corrected chi connectivity index (χ1v) is 8.50. The van der Waals surface area contributed by atoms with Gasteiger partial charge in [-0.2, -0.15) is 0 Å². The molecule has 2 heterocycles. The van der Waals surface area contributed by atoms with E-state index in [0.29, 0.717) is 12.0 Å². The maximum absolute atomic E-state index is 5.78. The summed E-state index contributed by atoms with van der Waals surface area (Å²) in [6.07, 6.45) is 5.73. The van der Waals surface area contributed by atoms with Gasteiger partial charge in [0.05, 0.1) is 11.8 Å². The van der Waals surface area contributed by atoms with Gasteiger partial charge in [-0.05, 0) is 50.6 Å². The van der Waals surface area contributed by atoms with Crippen LogP contribution in [0.4, 0.5) is 0 Å². The highest BCUT2D eigenvalue weighted by molar-refractivity contribution is 9.10. The topological polar surface area (TPSA) is 38.5 Å². The molecule has 0 spiro atoms. The lowest BCUT2D eigenvalue weighted by Gasteiger charge is -2.26. The van der Waals surface area contributed by atoms with E-state index in [1.54, 1.807) is 6.26 Å². The fourth-order valence-electron chi connectivity index (χ4n) is 2.74. The fraction of sp³-hybridized carbons (Fsp3) is 0.471. The molecule has 0 saturated carbocycles. The Hall–Kier alpha value is -1.17. The molecule has 1 aromatic heterocycles. The summed E-state index contributed by atoms with van der Waals surface area (Å²) in [7, 11) is 2.10. The Labute approximate surface area is 139 Å². The minimum Gasteiger partial charge on any atom is -0.444 e. The second kappa shape index (κ2) is 7.40. The molecule has 5 heteroatoms. The molecule has 1 atom stereocenters. The standard InChI is InChI=1S/C17H21BrN2O2/c1-20(11-16-4-2-3-9-21-16)10-15-12-22-17(19-15)13-5-7-14(18)8-6-13/h5-8,12,16H,2-4,9-11H2,1H3. The minimum atomic E-state index is 0.358. The van der Waals surface area contributed by atoms with Crippen molar-refractivity contribution in [3.8, 4) is 11.5 Å². The largest absolute Gasteiger partial charge is 0.444 e. The van der Waals surface area contributed by atoms with Crippen molar-refractivity contribution in [2.45, 2.75) is 31.9 Å². The summed E-state index contributed by atoms with van der Waals surface area (Å²) in [4.78, 5) is 6.83. The maximum Gasteiger partial charge on any atom is 0.226 e. The Bertz CT molecular complexity index is 591. The highest BCUT2D eigenvalue weighted by Gasteiger charge is 2.17. The highest BCUT2D eigenvalue weighted by atomic mass is 79.9. The van der Waals surface area contributed by atoms with Gasteiger partial charge in [0, 0.05) is 29.7 Å². The van der Waals surface area contributed by atoms with Crippen LogP contribution in [0.2, 0.25) is 0 Å². The van der Waals surface area contributed by atoms with Crippen molar-refractivity contribution in [3.05, 3.63) is 40.7 Å². The average molecular weight is 365 g/mol. The highest BCUT2D eigenvalue weighted by Crippen LogP contribution is 2.22. The molecule has 0 aliphatic carbocycles. The van der Waals surface area contributed by atoms with Gasteiger partial charge in [-0.25, -0.2) is 4.98 Å². The smallest absolute Gasteiger partial charge is 0.226 e. The van der Waals surface area contributed by atoms with Gasteiger partial charge in [-0.1, -0.05) is 15.9 Å². The van der Waals surface area contributed by atoms with E-state index in [9.17, 15) is 0 Å². The van der Waals surface area contributed by atoms with Crippen LogP contribution in [0.25, 0.3) is 11.5 Å². The van der Waals surface area contributed by atoms with Gasteiger partial charge in [0.2, 0.25) is 5.89 Å². The number of hydrogen-bond donors (Lipinski definition) is 0. The third-order valence-electron chi connectivity index (χ3n) is 3.86. The van der Waals surface area contributed by atoms with Crippen molar-refractivity contribution >= 4 is 15.9 Å². The molecular weight excluding hydrogens is 344 g/mol. The first-order chi connectivity index (χ1) is 10.7. The average Bonchev–Trinajstić information content (AvgIpc) is 2.97. The van der Waals surface area contributed by atoms with Crippen LogP contribution in [-0.2, 0) is 11.3 Å². The zero-order valence-electron chi connectivity index (χ0n) is 12.8. The SMILES string of the molecule is CN(Cc1coc(-c2ccc(Br)cc2)n1)CC1CCCCO1. The Morgan fingerprint density at radius 3 is 2.82 bits per heavy atom. The van der Waals surface area contributed by atoms with Gasteiger partial charge in [0.25, 0.3) is 0 Å². The van der Waals surface area contributed by atoms with E-state index in [0.717, 1.165) is 41.8 Å². The Morgan fingerprint density at radius 2 is 2.09 bits per heavy atom. The number of nitrogens with zero attached hydrogens (tertiary/aromatic N) is 2. The van der Waals surface area contributed by atoms with Crippen molar-refractivity contribution in [1.82, 2.24) is 9.88 Å². The quantitative estimate of drug-likeness (QED) is 0.800. The van der Waals surface area contributed by atoms with Crippen LogP contribution < -0.4 is 0 Å². The van der Waals surface area contributed by atoms with Crippen LogP contribution in [0.5, 0.6) is 0 Å².